The Labute approximate surface area is 164 Å². The van der Waals surface area contributed by atoms with E-state index < -0.39 is 0 Å². The molecule has 0 amide bonds. The normalized spacial score (nSPS) is 10.8. The lowest BCUT2D eigenvalue weighted by Crippen LogP contribution is -2.02. The van der Waals surface area contributed by atoms with Gasteiger partial charge in [0.05, 0.1) is 18.1 Å². The first-order valence-corrected chi connectivity index (χ1v) is 9.32. The lowest BCUT2D eigenvalue weighted by atomic mass is 10.1. The van der Waals surface area contributed by atoms with E-state index in [1.807, 2.05) is 5.38 Å². The second-order valence-electron chi connectivity index (χ2n) is 5.99. The van der Waals surface area contributed by atoms with Gasteiger partial charge in [0.25, 0.3) is 0 Å². The number of benzene rings is 2. The topological polar surface area (TPSA) is 61.3 Å². The van der Waals surface area contributed by atoms with Crippen molar-refractivity contribution in [2.24, 2.45) is 0 Å². The minimum Gasteiger partial charge on any atom is -0.472 e. The van der Waals surface area contributed by atoms with E-state index in [2.05, 4.69) is 9.97 Å². The first-order chi connectivity index (χ1) is 13.7. The van der Waals surface area contributed by atoms with Crippen LogP contribution in [0, 0.1) is 5.82 Å². The molecule has 7 heteroatoms. The van der Waals surface area contributed by atoms with Crippen molar-refractivity contribution in [1.82, 2.24) is 9.97 Å². The second kappa shape index (κ2) is 7.74. The van der Waals surface area contributed by atoms with Crippen molar-refractivity contribution in [2.75, 3.05) is 7.11 Å². The number of rotatable bonds is 5. The molecular formula is C21H15FN2O3S. The number of carbonyl (C=O) groups is 1. The highest BCUT2D eigenvalue weighted by Gasteiger charge is 2.14. The monoisotopic (exact) mass is 394 g/mol. The van der Waals surface area contributed by atoms with Crippen LogP contribution in [0.1, 0.15) is 15.9 Å². The number of aromatic nitrogens is 2. The quantitative estimate of drug-likeness (QED) is 0.452. The molecule has 0 N–H and O–H groups in total. The highest BCUT2D eigenvalue weighted by atomic mass is 32.1. The second-order valence-corrected chi connectivity index (χ2v) is 6.85. The van der Waals surface area contributed by atoms with Gasteiger partial charge in [-0.3, -0.25) is 0 Å². The first kappa shape index (κ1) is 18.1. The van der Waals surface area contributed by atoms with E-state index in [0.29, 0.717) is 11.4 Å². The number of fused-ring (bicyclic) bond motifs is 1. The molecule has 0 aliphatic rings. The summed E-state index contributed by atoms with van der Waals surface area (Å²) in [4.78, 5) is 20.9. The average Bonchev–Trinajstić information content (AvgIpc) is 3.17. The number of ether oxygens (including phenoxy) is 2. The highest BCUT2D eigenvalue weighted by Crippen LogP contribution is 2.37. The van der Waals surface area contributed by atoms with E-state index in [1.165, 1.54) is 36.9 Å². The molecule has 4 rings (SSSR count). The van der Waals surface area contributed by atoms with Crippen LogP contribution in [0.3, 0.4) is 0 Å². The Morgan fingerprint density at radius 2 is 1.82 bits per heavy atom. The number of nitrogens with zero attached hydrogens (tertiary/aromatic N) is 2. The maximum Gasteiger partial charge on any atom is 0.337 e. The molecule has 0 radical (unpaired) electrons. The molecule has 5 nitrogen and oxygen atoms in total. The van der Waals surface area contributed by atoms with E-state index in [-0.39, 0.29) is 18.4 Å². The summed E-state index contributed by atoms with van der Waals surface area (Å²) in [5, 5.41) is 2.76. The summed E-state index contributed by atoms with van der Waals surface area (Å²) >= 11 is 1.48. The van der Waals surface area contributed by atoms with Crippen LogP contribution in [0.5, 0.6) is 5.88 Å². The van der Waals surface area contributed by atoms with Crippen LogP contribution >= 0.6 is 11.3 Å². The van der Waals surface area contributed by atoms with Crippen LogP contribution in [0.15, 0.2) is 60.2 Å². The molecule has 0 saturated carbocycles. The summed E-state index contributed by atoms with van der Waals surface area (Å²) < 4.78 is 23.9. The molecule has 0 bridgehead atoms. The van der Waals surface area contributed by atoms with Crippen LogP contribution in [0.2, 0.25) is 0 Å². The zero-order chi connectivity index (χ0) is 19.5. The fourth-order valence-corrected chi connectivity index (χ4v) is 3.71. The number of hydrogen-bond acceptors (Lipinski definition) is 6. The molecule has 0 atom stereocenters. The third-order valence-corrected chi connectivity index (χ3v) is 5.13. The predicted molar refractivity (Wildman–Crippen MR) is 105 cm³/mol. The molecule has 0 aliphatic heterocycles. The predicted octanol–water partition coefficient (Wildman–Crippen LogP) is 4.86. The van der Waals surface area contributed by atoms with Gasteiger partial charge in [0, 0.05) is 10.9 Å². The van der Waals surface area contributed by atoms with Crippen molar-refractivity contribution in [2.45, 2.75) is 6.61 Å². The molecule has 0 fully saturated rings. The molecule has 0 aliphatic carbocycles. The van der Waals surface area contributed by atoms with Crippen LogP contribution in [0.25, 0.3) is 21.3 Å². The van der Waals surface area contributed by atoms with Gasteiger partial charge in [0.1, 0.15) is 23.6 Å². The van der Waals surface area contributed by atoms with Crippen molar-refractivity contribution in [1.29, 1.82) is 0 Å². The number of halogens is 1. The molecule has 2 heterocycles. The largest absolute Gasteiger partial charge is 0.472 e. The highest BCUT2D eigenvalue weighted by molar-refractivity contribution is 7.17. The van der Waals surface area contributed by atoms with Gasteiger partial charge in [-0.1, -0.05) is 24.3 Å². The van der Waals surface area contributed by atoms with Gasteiger partial charge in [-0.2, -0.15) is 0 Å². The van der Waals surface area contributed by atoms with Crippen LogP contribution in [-0.2, 0) is 11.3 Å². The van der Waals surface area contributed by atoms with Gasteiger partial charge in [-0.25, -0.2) is 19.2 Å². The van der Waals surface area contributed by atoms with Crippen LogP contribution < -0.4 is 4.74 Å². The third-order valence-electron chi connectivity index (χ3n) is 4.24. The Bertz CT molecular complexity index is 1120. The number of esters is 1. The lowest BCUT2D eigenvalue weighted by molar-refractivity contribution is 0.0600. The van der Waals surface area contributed by atoms with E-state index in [9.17, 15) is 9.18 Å². The van der Waals surface area contributed by atoms with E-state index >= 15 is 0 Å². The van der Waals surface area contributed by atoms with Crippen molar-refractivity contribution in [3.8, 4) is 17.0 Å². The summed E-state index contributed by atoms with van der Waals surface area (Å²) in [6, 6.07) is 13.3. The van der Waals surface area contributed by atoms with E-state index in [4.69, 9.17) is 9.47 Å². The Kier molecular flexibility index (Phi) is 4.99. The Morgan fingerprint density at radius 1 is 1.07 bits per heavy atom. The molecule has 0 spiro atoms. The number of methoxy groups -OCH3 is 1. The van der Waals surface area contributed by atoms with Crippen LogP contribution in [0.4, 0.5) is 4.39 Å². The number of hydrogen-bond donors (Lipinski definition) is 0. The molecule has 0 saturated heterocycles. The van der Waals surface area contributed by atoms with Gasteiger partial charge >= 0.3 is 5.97 Å². The number of thiophene rings is 1. The van der Waals surface area contributed by atoms with Gasteiger partial charge in [0.2, 0.25) is 5.88 Å². The minimum absolute atomic E-state index is 0.284. The molecule has 28 heavy (non-hydrogen) atoms. The summed E-state index contributed by atoms with van der Waals surface area (Å²) in [5.41, 5.74) is 3.14. The summed E-state index contributed by atoms with van der Waals surface area (Å²) in [5.74, 6) is -0.207. The van der Waals surface area contributed by atoms with Crippen LogP contribution in [-0.4, -0.2) is 23.0 Å². The fraction of sp³-hybridized carbons (Fsp3) is 0.0952. The number of carbonyl (C=O) groups excluding carboxylic acids is 1. The summed E-state index contributed by atoms with van der Waals surface area (Å²) in [6.07, 6.45) is 1.46. The van der Waals surface area contributed by atoms with Crippen molar-refractivity contribution >= 4 is 27.5 Å². The van der Waals surface area contributed by atoms with Gasteiger partial charge in [-0.05, 0) is 35.4 Å². The zero-order valence-corrected chi connectivity index (χ0v) is 15.7. The minimum atomic E-state index is -0.382. The Hall–Kier alpha value is -3.32. The van der Waals surface area contributed by atoms with Gasteiger partial charge in [-0.15, -0.1) is 11.3 Å². The third kappa shape index (κ3) is 3.57. The molecule has 140 valence electrons. The average molecular weight is 394 g/mol. The fourth-order valence-electron chi connectivity index (χ4n) is 2.81. The SMILES string of the molecule is COC(=O)c1ccc(COc2ncnc3scc(-c4ccc(F)cc4)c23)cc1. The first-order valence-electron chi connectivity index (χ1n) is 8.44. The Balaban J connectivity index is 1.61. The lowest BCUT2D eigenvalue weighted by Gasteiger charge is -2.08. The van der Waals surface area contributed by atoms with Crippen molar-refractivity contribution < 1.29 is 18.7 Å². The summed E-state index contributed by atoms with van der Waals surface area (Å²) in [6.45, 7) is 0.284. The Morgan fingerprint density at radius 3 is 2.54 bits per heavy atom. The van der Waals surface area contributed by atoms with Crippen molar-refractivity contribution in [3.05, 3.63) is 77.2 Å². The smallest absolute Gasteiger partial charge is 0.337 e. The van der Waals surface area contributed by atoms with E-state index in [1.54, 1.807) is 36.4 Å². The molecule has 2 aromatic carbocycles. The van der Waals surface area contributed by atoms with Gasteiger partial charge in [0.15, 0.2) is 0 Å². The summed E-state index contributed by atoms with van der Waals surface area (Å²) in [7, 11) is 1.35. The standard InChI is InChI=1S/C21H15FN2O3S/c1-26-21(25)15-4-2-13(3-5-15)10-27-19-18-17(11-28-20(18)24-12-23-19)14-6-8-16(22)9-7-14/h2-9,11-12H,10H2,1H3. The van der Waals surface area contributed by atoms with E-state index in [0.717, 1.165) is 26.9 Å². The molecule has 0 unspecified atom stereocenters. The van der Waals surface area contributed by atoms with Crippen molar-refractivity contribution in [3.63, 3.8) is 0 Å². The maximum absolute atomic E-state index is 13.3. The molecule has 4 aromatic rings. The zero-order valence-electron chi connectivity index (χ0n) is 14.9. The molecule has 2 aromatic heterocycles. The maximum atomic E-state index is 13.3. The molecular weight excluding hydrogens is 379 g/mol. The van der Waals surface area contributed by atoms with Gasteiger partial charge < -0.3 is 9.47 Å².